The molecule has 0 spiro atoms. The molecule has 1 saturated carbocycles. The van der Waals surface area contributed by atoms with E-state index in [1.165, 1.54) is 0 Å². The molecule has 14 heavy (non-hydrogen) atoms. The molecule has 1 N–H and O–H groups in total. The highest BCUT2D eigenvalue weighted by Gasteiger charge is 2.65. The molecule has 1 aliphatic carbocycles. The second kappa shape index (κ2) is 2.91. The molecule has 0 aromatic rings. The van der Waals surface area contributed by atoms with Gasteiger partial charge in [-0.05, 0) is 17.8 Å². The summed E-state index contributed by atoms with van der Waals surface area (Å²) in [6, 6.07) is 1.08. The zero-order valence-electron chi connectivity index (χ0n) is 9.72. The summed E-state index contributed by atoms with van der Waals surface area (Å²) in [4.78, 5) is 4.81. The van der Waals surface area contributed by atoms with Crippen LogP contribution in [0.25, 0.3) is 0 Å². The van der Waals surface area contributed by atoms with Gasteiger partial charge in [-0.2, -0.15) is 0 Å². The summed E-state index contributed by atoms with van der Waals surface area (Å²) in [7, 11) is 0. The minimum absolute atomic E-state index is 0.369. The van der Waals surface area contributed by atoms with Gasteiger partial charge in [0.2, 0.25) is 0 Å². The number of hydrogen-bond donors (Lipinski definition) is 1. The topological polar surface area (TPSA) is 24.4 Å². The second-order valence-electron chi connectivity index (χ2n) is 5.64. The van der Waals surface area contributed by atoms with E-state index in [2.05, 4.69) is 39.9 Å². The Kier molecular flexibility index (Phi) is 2.15. The van der Waals surface area contributed by atoms with E-state index >= 15 is 0 Å². The molecule has 0 aromatic heterocycles. The molecule has 1 unspecified atom stereocenters. The Bertz CT molecular complexity index is 267. The van der Waals surface area contributed by atoms with Crippen LogP contribution in [0.2, 0.25) is 0 Å². The van der Waals surface area contributed by atoms with E-state index < -0.39 is 0 Å². The van der Waals surface area contributed by atoms with Crippen molar-refractivity contribution < 1.29 is 0 Å². The molecule has 2 rings (SSSR count). The van der Waals surface area contributed by atoms with Crippen molar-refractivity contribution in [2.24, 2.45) is 15.8 Å². The monoisotopic (exact) mass is 212 g/mol. The van der Waals surface area contributed by atoms with Gasteiger partial charge in [0.25, 0.3) is 0 Å². The van der Waals surface area contributed by atoms with Crippen LogP contribution in [0.1, 0.15) is 34.6 Å². The Morgan fingerprint density at radius 1 is 1.29 bits per heavy atom. The van der Waals surface area contributed by atoms with Gasteiger partial charge in [0, 0.05) is 11.8 Å². The first-order valence-electron chi connectivity index (χ1n) is 5.33. The molecule has 0 bridgehead atoms. The van der Waals surface area contributed by atoms with Crippen molar-refractivity contribution in [3.8, 4) is 0 Å². The van der Waals surface area contributed by atoms with Crippen molar-refractivity contribution >= 4 is 16.9 Å². The number of nitrogens with one attached hydrogen (secondary N) is 1. The van der Waals surface area contributed by atoms with Crippen LogP contribution in [0, 0.1) is 10.8 Å². The maximum absolute atomic E-state index is 4.81. The smallest absolute Gasteiger partial charge is 0.157 e. The van der Waals surface area contributed by atoms with Crippen molar-refractivity contribution in [1.29, 1.82) is 0 Å². The Balaban J connectivity index is 2.07. The lowest BCUT2D eigenvalue weighted by molar-refractivity contribution is 0.457. The van der Waals surface area contributed by atoms with Crippen LogP contribution in [0.5, 0.6) is 0 Å². The van der Waals surface area contributed by atoms with Crippen molar-refractivity contribution in [3.05, 3.63) is 0 Å². The number of amidine groups is 1. The molecule has 2 nitrogen and oxygen atoms in total. The number of hydrogen-bond acceptors (Lipinski definition) is 2. The SMILES string of the molecule is CC1CSC(=NC2C(C)(C)C2(C)C)N1. The Hall–Kier alpha value is -0.180. The third kappa shape index (κ3) is 1.37. The lowest BCUT2D eigenvalue weighted by Gasteiger charge is -2.02. The van der Waals surface area contributed by atoms with Gasteiger partial charge in [-0.25, -0.2) is 0 Å². The maximum atomic E-state index is 4.81. The molecule has 0 radical (unpaired) electrons. The van der Waals surface area contributed by atoms with E-state index in [4.69, 9.17) is 4.99 Å². The number of aliphatic imine (C=N–C) groups is 1. The largest absolute Gasteiger partial charge is 0.362 e. The van der Waals surface area contributed by atoms with E-state index in [1.807, 2.05) is 11.8 Å². The Labute approximate surface area is 90.9 Å². The third-order valence-electron chi connectivity index (χ3n) is 4.03. The fraction of sp³-hybridized carbons (Fsp3) is 0.909. The van der Waals surface area contributed by atoms with Crippen LogP contribution in [0.3, 0.4) is 0 Å². The lowest BCUT2D eigenvalue weighted by atomic mass is 10.0. The molecular formula is C11H20N2S. The highest BCUT2D eigenvalue weighted by Crippen LogP contribution is 2.64. The molecule has 1 heterocycles. The van der Waals surface area contributed by atoms with Crippen LogP contribution in [-0.4, -0.2) is 23.0 Å². The van der Waals surface area contributed by atoms with Crippen LogP contribution >= 0.6 is 11.8 Å². The van der Waals surface area contributed by atoms with Crippen molar-refractivity contribution in [3.63, 3.8) is 0 Å². The minimum Gasteiger partial charge on any atom is -0.362 e. The van der Waals surface area contributed by atoms with E-state index in [-0.39, 0.29) is 0 Å². The van der Waals surface area contributed by atoms with Gasteiger partial charge in [-0.1, -0.05) is 39.5 Å². The van der Waals surface area contributed by atoms with E-state index in [0.29, 0.717) is 22.9 Å². The van der Waals surface area contributed by atoms with Gasteiger partial charge in [0.15, 0.2) is 5.17 Å². The van der Waals surface area contributed by atoms with Crippen LogP contribution in [0.4, 0.5) is 0 Å². The summed E-state index contributed by atoms with van der Waals surface area (Å²) >= 11 is 1.86. The van der Waals surface area contributed by atoms with Gasteiger partial charge in [-0.3, -0.25) is 4.99 Å². The Morgan fingerprint density at radius 3 is 2.21 bits per heavy atom. The average molecular weight is 212 g/mol. The predicted molar refractivity (Wildman–Crippen MR) is 63.8 cm³/mol. The molecule has 3 heteroatoms. The van der Waals surface area contributed by atoms with Gasteiger partial charge in [-0.15, -0.1) is 0 Å². The van der Waals surface area contributed by atoms with E-state index in [1.54, 1.807) is 0 Å². The quantitative estimate of drug-likeness (QED) is 0.722. The van der Waals surface area contributed by atoms with Gasteiger partial charge in [0.05, 0.1) is 6.04 Å². The first kappa shape index (κ1) is 10.3. The third-order valence-corrected chi connectivity index (χ3v) is 5.19. The first-order chi connectivity index (χ1) is 6.35. The summed E-state index contributed by atoms with van der Waals surface area (Å²) in [5, 5.41) is 4.57. The van der Waals surface area contributed by atoms with Gasteiger partial charge in [0.1, 0.15) is 0 Å². The summed E-state index contributed by atoms with van der Waals surface area (Å²) < 4.78 is 0. The molecule has 0 amide bonds. The minimum atomic E-state index is 0.369. The fourth-order valence-corrected chi connectivity index (χ4v) is 3.13. The second-order valence-corrected chi connectivity index (χ2v) is 6.65. The number of rotatable bonds is 1. The molecular weight excluding hydrogens is 192 g/mol. The molecule has 2 fully saturated rings. The summed E-state index contributed by atoms with van der Waals surface area (Å²) in [5.74, 6) is 1.16. The standard InChI is InChI=1S/C11H20N2S/c1-7-6-14-9(12-7)13-8-10(2,3)11(8,4)5/h7-8H,6H2,1-5H3,(H,12,13). The van der Waals surface area contributed by atoms with Gasteiger partial charge >= 0.3 is 0 Å². The van der Waals surface area contributed by atoms with E-state index in [9.17, 15) is 0 Å². The molecule has 2 aliphatic rings. The van der Waals surface area contributed by atoms with Crippen LogP contribution < -0.4 is 5.32 Å². The molecule has 0 aromatic carbocycles. The highest BCUT2D eigenvalue weighted by molar-refractivity contribution is 8.14. The predicted octanol–water partition coefficient (Wildman–Crippen LogP) is 2.50. The fourth-order valence-electron chi connectivity index (χ4n) is 2.17. The van der Waals surface area contributed by atoms with Crippen LogP contribution in [-0.2, 0) is 0 Å². The summed E-state index contributed by atoms with van der Waals surface area (Å²) in [6.45, 7) is 11.4. The normalized spacial score (nSPS) is 37.2. The molecule has 1 aliphatic heterocycles. The summed E-state index contributed by atoms with van der Waals surface area (Å²) in [5.41, 5.74) is 0.738. The van der Waals surface area contributed by atoms with Gasteiger partial charge < -0.3 is 5.32 Å². The highest BCUT2D eigenvalue weighted by atomic mass is 32.2. The molecule has 80 valence electrons. The first-order valence-corrected chi connectivity index (χ1v) is 6.31. The molecule has 1 saturated heterocycles. The van der Waals surface area contributed by atoms with Crippen LogP contribution in [0.15, 0.2) is 4.99 Å². The zero-order chi connectivity index (χ0) is 10.6. The Morgan fingerprint density at radius 2 is 1.86 bits per heavy atom. The number of nitrogens with zero attached hydrogens (tertiary/aromatic N) is 1. The van der Waals surface area contributed by atoms with Crippen molar-refractivity contribution in [1.82, 2.24) is 5.32 Å². The summed E-state index contributed by atoms with van der Waals surface area (Å²) in [6.07, 6.45) is 0. The molecule has 1 atom stereocenters. The maximum Gasteiger partial charge on any atom is 0.157 e. The van der Waals surface area contributed by atoms with Crippen molar-refractivity contribution in [2.45, 2.75) is 46.7 Å². The average Bonchev–Trinajstić information content (AvgIpc) is 2.47. The zero-order valence-corrected chi connectivity index (χ0v) is 10.5. The van der Waals surface area contributed by atoms with E-state index in [0.717, 1.165) is 10.9 Å². The van der Waals surface area contributed by atoms with Crippen molar-refractivity contribution in [2.75, 3.05) is 5.75 Å². The lowest BCUT2D eigenvalue weighted by Crippen LogP contribution is -2.23. The number of thioether (sulfide) groups is 1.